The highest BCUT2D eigenvalue weighted by Crippen LogP contribution is 2.37. The van der Waals surface area contributed by atoms with Crippen molar-refractivity contribution in [1.82, 2.24) is 0 Å². The molecule has 2 fully saturated rings. The van der Waals surface area contributed by atoms with E-state index in [9.17, 15) is 0 Å². The Labute approximate surface area is 160 Å². The Hall–Kier alpha value is -0.750. The van der Waals surface area contributed by atoms with Crippen LogP contribution in [-0.4, -0.2) is 0 Å². The summed E-state index contributed by atoms with van der Waals surface area (Å²) in [5.74, 6) is 3.60. The van der Waals surface area contributed by atoms with Crippen LogP contribution >= 0.6 is 11.6 Å². The van der Waals surface area contributed by atoms with Gasteiger partial charge in [0.15, 0.2) is 0 Å². The Balaban J connectivity index is 1.33. The average Bonchev–Trinajstić information content (AvgIpc) is 2.67. The third kappa shape index (κ3) is 5.88. The second-order valence-electron chi connectivity index (χ2n) is 8.46. The fourth-order valence-corrected chi connectivity index (χ4v) is 5.05. The SMILES string of the molecule is CCC1CCC(CC/C=C/C2CCC(c3ccc(Cl)cc3)CC2)CC1. The van der Waals surface area contributed by atoms with Crippen molar-refractivity contribution in [2.75, 3.05) is 0 Å². The molecule has 138 valence electrons. The minimum absolute atomic E-state index is 0.746. The molecule has 25 heavy (non-hydrogen) atoms. The van der Waals surface area contributed by atoms with Crippen molar-refractivity contribution in [3.63, 3.8) is 0 Å². The van der Waals surface area contributed by atoms with Crippen molar-refractivity contribution >= 4 is 11.6 Å². The summed E-state index contributed by atoms with van der Waals surface area (Å²) < 4.78 is 0. The van der Waals surface area contributed by atoms with E-state index in [1.807, 2.05) is 12.1 Å². The Kier molecular flexibility index (Phi) is 7.47. The van der Waals surface area contributed by atoms with E-state index in [2.05, 4.69) is 31.2 Å². The average molecular weight is 359 g/mol. The van der Waals surface area contributed by atoms with E-state index in [4.69, 9.17) is 11.6 Å². The molecule has 0 unspecified atom stereocenters. The molecule has 1 aromatic rings. The van der Waals surface area contributed by atoms with E-state index in [1.54, 1.807) is 0 Å². The topological polar surface area (TPSA) is 0 Å². The lowest BCUT2D eigenvalue weighted by molar-refractivity contribution is 0.259. The molecule has 2 aliphatic carbocycles. The molecule has 3 rings (SSSR count). The Morgan fingerprint density at radius 3 is 2.16 bits per heavy atom. The first-order chi connectivity index (χ1) is 12.2. The van der Waals surface area contributed by atoms with Gasteiger partial charge in [-0.3, -0.25) is 0 Å². The smallest absolute Gasteiger partial charge is 0.0406 e. The summed E-state index contributed by atoms with van der Waals surface area (Å²) in [7, 11) is 0. The molecule has 0 heterocycles. The van der Waals surface area contributed by atoms with Crippen molar-refractivity contribution in [2.45, 2.75) is 83.5 Å². The largest absolute Gasteiger partial charge is 0.0882 e. The Morgan fingerprint density at radius 1 is 0.880 bits per heavy atom. The number of rotatable bonds is 6. The van der Waals surface area contributed by atoms with Crippen molar-refractivity contribution in [1.29, 1.82) is 0 Å². The first-order valence-electron chi connectivity index (χ1n) is 10.7. The van der Waals surface area contributed by atoms with Gasteiger partial charge >= 0.3 is 0 Å². The fourth-order valence-electron chi connectivity index (χ4n) is 4.93. The molecule has 0 amide bonds. The van der Waals surface area contributed by atoms with Crippen molar-refractivity contribution < 1.29 is 0 Å². The maximum absolute atomic E-state index is 6.01. The monoisotopic (exact) mass is 358 g/mol. The molecule has 0 nitrogen and oxygen atoms in total. The molecule has 0 bridgehead atoms. The molecular formula is C24H35Cl. The van der Waals surface area contributed by atoms with E-state index in [-0.39, 0.29) is 0 Å². The van der Waals surface area contributed by atoms with Gasteiger partial charge in [-0.15, -0.1) is 0 Å². The lowest BCUT2D eigenvalue weighted by Gasteiger charge is -2.28. The van der Waals surface area contributed by atoms with Gasteiger partial charge in [0, 0.05) is 5.02 Å². The zero-order valence-electron chi connectivity index (χ0n) is 15.9. The highest BCUT2D eigenvalue weighted by atomic mass is 35.5. The van der Waals surface area contributed by atoms with Crippen LogP contribution in [0.1, 0.15) is 89.0 Å². The summed E-state index contributed by atoms with van der Waals surface area (Å²) in [6, 6.07) is 8.51. The first-order valence-corrected chi connectivity index (χ1v) is 11.0. The summed E-state index contributed by atoms with van der Waals surface area (Å²) in [6.07, 6.45) is 20.5. The van der Waals surface area contributed by atoms with Gasteiger partial charge in [-0.2, -0.15) is 0 Å². The highest BCUT2D eigenvalue weighted by Gasteiger charge is 2.21. The summed E-state index contributed by atoms with van der Waals surface area (Å²) in [6.45, 7) is 2.36. The maximum atomic E-state index is 6.01. The predicted molar refractivity (Wildman–Crippen MR) is 110 cm³/mol. The summed E-state index contributed by atoms with van der Waals surface area (Å²) in [5.41, 5.74) is 1.48. The van der Waals surface area contributed by atoms with Crippen LogP contribution in [0.3, 0.4) is 0 Å². The van der Waals surface area contributed by atoms with E-state index in [0.29, 0.717) is 0 Å². The standard InChI is InChI=1S/C24H35Cl/c1-2-19-7-9-20(10-8-19)5-3-4-6-21-11-13-22(14-12-21)23-15-17-24(25)18-16-23/h4,6,15-22H,2-3,5,7-14H2,1H3/b6-4+. The van der Waals surface area contributed by atoms with Gasteiger partial charge in [0.2, 0.25) is 0 Å². The normalized spacial score (nSPS) is 30.6. The van der Waals surface area contributed by atoms with Gasteiger partial charge in [0.05, 0.1) is 0 Å². The minimum Gasteiger partial charge on any atom is -0.0882 e. The van der Waals surface area contributed by atoms with Gasteiger partial charge in [0.25, 0.3) is 0 Å². The fraction of sp³-hybridized carbons (Fsp3) is 0.667. The number of benzene rings is 1. The Morgan fingerprint density at radius 2 is 1.52 bits per heavy atom. The molecule has 0 radical (unpaired) electrons. The number of hydrogen-bond acceptors (Lipinski definition) is 0. The molecule has 1 heteroatoms. The van der Waals surface area contributed by atoms with Gasteiger partial charge in [-0.05, 0) is 79.9 Å². The van der Waals surface area contributed by atoms with Gasteiger partial charge in [-0.25, -0.2) is 0 Å². The molecule has 0 N–H and O–H groups in total. The maximum Gasteiger partial charge on any atom is 0.0406 e. The van der Waals surface area contributed by atoms with E-state index in [1.165, 1.54) is 76.2 Å². The van der Waals surface area contributed by atoms with Gasteiger partial charge in [-0.1, -0.05) is 74.9 Å². The van der Waals surface area contributed by atoms with Crippen molar-refractivity contribution in [3.8, 4) is 0 Å². The van der Waals surface area contributed by atoms with E-state index in [0.717, 1.165) is 28.7 Å². The van der Waals surface area contributed by atoms with Crippen LogP contribution in [0, 0.1) is 17.8 Å². The minimum atomic E-state index is 0.746. The molecule has 2 aliphatic rings. The van der Waals surface area contributed by atoms with Crippen molar-refractivity contribution in [2.24, 2.45) is 17.8 Å². The molecule has 0 spiro atoms. The molecule has 0 saturated heterocycles. The van der Waals surface area contributed by atoms with Crippen LogP contribution in [-0.2, 0) is 0 Å². The Bertz CT molecular complexity index is 514. The number of halogens is 1. The van der Waals surface area contributed by atoms with Crippen LogP contribution < -0.4 is 0 Å². The molecule has 0 aromatic heterocycles. The predicted octanol–water partition coefficient (Wildman–Crippen LogP) is 8.17. The highest BCUT2D eigenvalue weighted by molar-refractivity contribution is 6.30. The lowest BCUT2D eigenvalue weighted by Crippen LogP contribution is -2.13. The second kappa shape index (κ2) is 9.81. The van der Waals surface area contributed by atoms with Crippen LogP contribution in [0.2, 0.25) is 5.02 Å². The van der Waals surface area contributed by atoms with Crippen LogP contribution in [0.15, 0.2) is 36.4 Å². The zero-order valence-corrected chi connectivity index (χ0v) is 16.7. The molecule has 1 aromatic carbocycles. The molecule has 0 atom stereocenters. The van der Waals surface area contributed by atoms with Crippen LogP contribution in [0.4, 0.5) is 0 Å². The van der Waals surface area contributed by atoms with Crippen LogP contribution in [0.5, 0.6) is 0 Å². The summed E-state index contributed by atoms with van der Waals surface area (Å²) in [4.78, 5) is 0. The third-order valence-corrected chi connectivity index (χ3v) is 7.06. The van der Waals surface area contributed by atoms with E-state index >= 15 is 0 Å². The summed E-state index contributed by atoms with van der Waals surface area (Å²) in [5, 5.41) is 0.851. The molecule has 2 saturated carbocycles. The van der Waals surface area contributed by atoms with Crippen LogP contribution in [0.25, 0.3) is 0 Å². The quantitative estimate of drug-likeness (QED) is 0.450. The zero-order chi connectivity index (χ0) is 17.5. The molecule has 0 aliphatic heterocycles. The third-order valence-electron chi connectivity index (χ3n) is 6.81. The number of allylic oxidation sites excluding steroid dienone is 2. The van der Waals surface area contributed by atoms with Gasteiger partial charge in [0.1, 0.15) is 0 Å². The molecular weight excluding hydrogens is 324 g/mol. The van der Waals surface area contributed by atoms with E-state index < -0.39 is 0 Å². The lowest BCUT2D eigenvalue weighted by atomic mass is 9.78. The summed E-state index contributed by atoms with van der Waals surface area (Å²) >= 11 is 6.01. The second-order valence-corrected chi connectivity index (χ2v) is 8.90. The first kappa shape index (κ1) is 19.0. The van der Waals surface area contributed by atoms with Crippen molar-refractivity contribution in [3.05, 3.63) is 47.0 Å². The van der Waals surface area contributed by atoms with Gasteiger partial charge < -0.3 is 0 Å². The number of hydrogen-bond donors (Lipinski definition) is 0.